The second-order valence-electron chi connectivity index (χ2n) is 1.69. The fourth-order valence-electron chi connectivity index (χ4n) is 0.463. The van der Waals surface area contributed by atoms with E-state index in [1.807, 2.05) is 12.1 Å². The fourth-order valence-corrected chi connectivity index (χ4v) is 0.852. The Kier molecular flexibility index (Phi) is 4.70. The van der Waals surface area contributed by atoms with E-state index in [1.54, 1.807) is 12.4 Å². The summed E-state index contributed by atoms with van der Waals surface area (Å²) in [6, 6.07) is 3.79. The zero-order valence-corrected chi connectivity index (χ0v) is 7.47. The average Bonchev–Trinajstić information content (AvgIpc) is 1.84. The highest BCUT2D eigenvalue weighted by atomic mass is 79.9. The molecular weight excluding hydrogens is 230 g/mol. The highest BCUT2D eigenvalue weighted by molar-refractivity contribution is 9.10. The summed E-state index contributed by atoms with van der Waals surface area (Å²) in [4.78, 5) is 8.25. The van der Waals surface area contributed by atoms with E-state index >= 15 is 0 Å². The molecule has 66 valence electrons. The smallest absolute Gasteiger partial charge is 0.213 e. The summed E-state index contributed by atoms with van der Waals surface area (Å²) in [6.07, 6.45) is 3.55. The quantitative estimate of drug-likeness (QED) is 0.301. The number of nitrogens with two attached hydrogens (primary N) is 1. The minimum absolute atomic E-state index is 0.988. The zero-order chi connectivity index (χ0) is 9.56. The van der Waals surface area contributed by atoms with E-state index in [0.717, 1.165) is 4.47 Å². The summed E-state index contributed by atoms with van der Waals surface area (Å²) in [7, 11) is 0. The molecule has 0 aliphatic heterocycles. The van der Waals surface area contributed by atoms with Crippen molar-refractivity contribution < 1.29 is 9.76 Å². The van der Waals surface area contributed by atoms with Crippen LogP contribution in [-0.4, -0.2) is 5.09 Å². The van der Waals surface area contributed by atoms with Gasteiger partial charge in [-0.25, -0.2) is 5.84 Å². The maximum absolute atomic E-state index is 8.25. The first-order chi connectivity index (χ1) is 5.52. The first-order valence-electron chi connectivity index (χ1n) is 2.76. The van der Waals surface area contributed by atoms with Crippen LogP contribution < -0.4 is 10.5 Å². The first-order valence-corrected chi connectivity index (χ1v) is 3.55. The third kappa shape index (κ3) is 6.75. The van der Waals surface area contributed by atoms with Crippen LogP contribution in [0.25, 0.3) is 0 Å². The number of nitrogens with zero attached hydrogens (tertiary/aromatic N) is 2. The second-order valence-corrected chi connectivity index (χ2v) is 2.61. The molecule has 0 amide bonds. The third-order valence-corrected chi connectivity index (χ3v) is 1.26. The third-order valence-electron chi connectivity index (χ3n) is 0.786. The molecule has 0 aliphatic rings. The number of nitrogen functional groups attached to an aromatic ring is 1. The molecule has 1 rings (SSSR count). The van der Waals surface area contributed by atoms with E-state index in [-0.39, 0.29) is 0 Å². The molecule has 7 heteroatoms. The Morgan fingerprint density at radius 3 is 2.33 bits per heavy atom. The van der Waals surface area contributed by atoms with Crippen molar-refractivity contribution in [3.05, 3.63) is 44.3 Å². The van der Waals surface area contributed by atoms with Crippen molar-refractivity contribution in [2.24, 2.45) is 0 Å². The molecule has 1 aromatic heterocycles. The van der Waals surface area contributed by atoms with Crippen LogP contribution >= 0.6 is 15.9 Å². The summed E-state index contributed by atoms with van der Waals surface area (Å²) in [6.45, 7) is 0. The first kappa shape index (κ1) is 10.6. The van der Waals surface area contributed by atoms with Crippen LogP contribution in [0.3, 0.4) is 0 Å². The Balaban J connectivity index is 0.000000261. The van der Waals surface area contributed by atoms with E-state index in [0.29, 0.717) is 0 Å². The lowest BCUT2D eigenvalue weighted by atomic mass is 10.5. The minimum Gasteiger partial charge on any atom is -0.356 e. The maximum atomic E-state index is 8.25. The lowest BCUT2D eigenvalue weighted by Gasteiger charge is -1.82. The van der Waals surface area contributed by atoms with Crippen molar-refractivity contribution in [3.63, 3.8) is 0 Å². The standard InChI is InChI=1S/C5H6BrN2.NO3/c6-5-2-1-3-8(7)4-5;2-1(3)4/h1-4H,7H2;/q+1;-1. The Bertz CT molecular complexity index is 247. The van der Waals surface area contributed by atoms with Gasteiger partial charge in [-0.15, -0.1) is 0 Å². The van der Waals surface area contributed by atoms with Gasteiger partial charge < -0.3 is 15.3 Å². The number of hydrogen-bond acceptors (Lipinski definition) is 4. The molecule has 1 heterocycles. The molecule has 0 aromatic carbocycles. The number of rotatable bonds is 0. The lowest BCUT2D eigenvalue weighted by molar-refractivity contribution is -0.639. The summed E-state index contributed by atoms with van der Waals surface area (Å²) in [5, 5.41) is 14.8. The van der Waals surface area contributed by atoms with Gasteiger partial charge in [0.25, 0.3) is 0 Å². The Morgan fingerprint density at radius 2 is 2.08 bits per heavy atom. The van der Waals surface area contributed by atoms with Crippen LogP contribution in [-0.2, 0) is 0 Å². The second kappa shape index (κ2) is 5.30. The van der Waals surface area contributed by atoms with Crippen molar-refractivity contribution in [3.8, 4) is 0 Å². The molecule has 12 heavy (non-hydrogen) atoms. The van der Waals surface area contributed by atoms with E-state index < -0.39 is 5.09 Å². The van der Waals surface area contributed by atoms with Gasteiger partial charge in [0.15, 0.2) is 6.20 Å². The predicted molar refractivity (Wildman–Crippen MR) is 44.8 cm³/mol. The monoisotopic (exact) mass is 235 g/mol. The van der Waals surface area contributed by atoms with Crippen LogP contribution in [0.15, 0.2) is 29.0 Å². The van der Waals surface area contributed by atoms with Gasteiger partial charge in [0.1, 0.15) is 0 Å². The van der Waals surface area contributed by atoms with Gasteiger partial charge in [0.2, 0.25) is 6.20 Å². The van der Waals surface area contributed by atoms with Crippen LogP contribution in [0.1, 0.15) is 0 Å². The Morgan fingerprint density at radius 1 is 1.58 bits per heavy atom. The molecule has 0 atom stereocenters. The average molecular weight is 236 g/mol. The molecular formula is C5H6BrN3O3. The van der Waals surface area contributed by atoms with E-state index in [1.165, 1.54) is 4.68 Å². The largest absolute Gasteiger partial charge is 0.356 e. The number of halogens is 1. The normalized spacial score (nSPS) is 8.08. The van der Waals surface area contributed by atoms with Crippen molar-refractivity contribution in [2.45, 2.75) is 0 Å². The summed E-state index contributed by atoms with van der Waals surface area (Å²) >= 11 is 3.26. The number of hydrogen-bond donors (Lipinski definition) is 1. The van der Waals surface area contributed by atoms with Gasteiger partial charge in [0, 0.05) is 6.07 Å². The molecule has 6 nitrogen and oxygen atoms in total. The highest BCUT2D eigenvalue weighted by Gasteiger charge is 1.90. The summed E-state index contributed by atoms with van der Waals surface area (Å²) < 4.78 is 2.48. The molecule has 0 spiro atoms. The number of aromatic nitrogens is 1. The fraction of sp³-hybridized carbons (Fsp3) is 0. The molecule has 1 aromatic rings. The molecule has 2 N–H and O–H groups in total. The van der Waals surface area contributed by atoms with E-state index in [9.17, 15) is 0 Å². The van der Waals surface area contributed by atoms with Gasteiger partial charge in [0.05, 0.1) is 9.56 Å². The van der Waals surface area contributed by atoms with Crippen LogP contribution in [0, 0.1) is 15.3 Å². The Labute approximate surface area is 76.4 Å². The molecule has 0 radical (unpaired) electrons. The minimum atomic E-state index is -1.75. The molecule has 0 unspecified atom stereocenters. The van der Waals surface area contributed by atoms with Gasteiger partial charge in [-0.05, 0) is 22.0 Å². The van der Waals surface area contributed by atoms with Gasteiger partial charge in [-0.2, -0.15) is 0 Å². The van der Waals surface area contributed by atoms with E-state index in [4.69, 9.17) is 21.2 Å². The van der Waals surface area contributed by atoms with Crippen LogP contribution in [0.2, 0.25) is 0 Å². The number of pyridine rings is 1. The highest BCUT2D eigenvalue weighted by Crippen LogP contribution is 2.01. The van der Waals surface area contributed by atoms with Crippen molar-refractivity contribution in [1.29, 1.82) is 0 Å². The van der Waals surface area contributed by atoms with Gasteiger partial charge in [-0.1, -0.05) is 4.68 Å². The predicted octanol–water partition coefficient (Wildman–Crippen LogP) is 0.211. The summed E-state index contributed by atoms with van der Waals surface area (Å²) in [5.41, 5.74) is 0. The SMILES string of the molecule is N[n+]1cccc(Br)c1.O=[N+]([O-])[O-]. The summed E-state index contributed by atoms with van der Waals surface area (Å²) in [5.74, 6) is 5.35. The topological polar surface area (TPSA) is 96.1 Å². The zero-order valence-electron chi connectivity index (χ0n) is 5.88. The molecule has 0 bridgehead atoms. The maximum Gasteiger partial charge on any atom is 0.213 e. The Hall–Kier alpha value is -1.37. The van der Waals surface area contributed by atoms with Crippen molar-refractivity contribution in [1.82, 2.24) is 0 Å². The van der Waals surface area contributed by atoms with Crippen molar-refractivity contribution in [2.75, 3.05) is 5.84 Å². The van der Waals surface area contributed by atoms with Crippen molar-refractivity contribution >= 4 is 15.9 Å². The lowest BCUT2D eigenvalue weighted by Crippen LogP contribution is -2.43. The molecule has 0 saturated heterocycles. The van der Waals surface area contributed by atoms with Crippen LogP contribution in [0.4, 0.5) is 0 Å². The van der Waals surface area contributed by atoms with Gasteiger partial charge in [-0.3, -0.25) is 0 Å². The van der Waals surface area contributed by atoms with E-state index in [2.05, 4.69) is 15.9 Å². The van der Waals surface area contributed by atoms with Gasteiger partial charge >= 0.3 is 0 Å². The van der Waals surface area contributed by atoms with Crippen LogP contribution in [0.5, 0.6) is 0 Å². The molecule has 0 saturated carbocycles. The molecule has 0 aliphatic carbocycles. The molecule has 0 fully saturated rings.